The number of nitrogens with one attached hydrogen (secondary N) is 2. The lowest BCUT2D eigenvalue weighted by atomic mass is 9.96. The zero-order chi connectivity index (χ0) is 13.7. The monoisotopic (exact) mass is 265 g/mol. The summed E-state index contributed by atoms with van der Waals surface area (Å²) in [4.78, 5) is 11.7. The van der Waals surface area contributed by atoms with E-state index in [0.717, 1.165) is 12.8 Å². The predicted molar refractivity (Wildman–Crippen MR) is 73.3 cm³/mol. The molecule has 0 aliphatic heterocycles. The van der Waals surface area contributed by atoms with Crippen molar-refractivity contribution in [3.05, 3.63) is 30.1 Å². The lowest BCUT2D eigenvalue weighted by molar-refractivity contribution is 0.248. The Hall–Kier alpha value is -1.62. The van der Waals surface area contributed by atoms with E-state index in [-0.39, 0.29) is 11.8 Å². The molecule has 1 aromatic rings. The van der Waals surface area contributed by atoms with Gasteiger partial charge in [-0.3, -0.25) is 0 Å². The fraction of sp³-hybridized carbons (Fsp3) is 0.500. The number of amides is 2. The third-order valence-electron chi connectivity index (χ3n) is 3.73. The molecule has 0 aromatic heterocycles. The molecule has 1 aromatic carbocycles. The van der Waals surface area contributed by atoms with Gasteiger partial charge in [0.1, 0.15) is 5.82 Å². The van der Waals surface area contributed by atoms with Gasteiger partial charge in [0.15, 0.2) is 0 Å². The van der Waals surface area contributed by atoms with Crippen molar-refractivity contribution in [1.29, 1.82) is 0 Å². The summed E-state index contributed by atoms with van der Waals surface area (Å²) in [6.45, 7) is 1.31. The second-order valence-corrected chi connectivity index (χ2v) is 5.03. The van der Waals surface area contributed by atoms with Crippen molar-refractivity contribution in [2.24, 2.45) is 17.6 Å². The summed E-state index contributed by atoms with van der Waals surface area (Å²) in [5.74, 6) is 0.606. The van der Waals surface area contributed by atoms with Crippen LogP contribution in [-0.2, 0) is 0 Å². The average molecular weight is 265 g/mol. The normalized spacial score (nSPS) is 22.2. The molecule has 1 fully saturated rings. The van der Waals surface area contributed by atoms with Crippen LogP contribution in [0.15, 0.2) is 24.3 Å². The van der Waals surface area contributed by atoms with Crippen molar-refractivity contribution in [3.63, 3.8) is 0 Å². The number of carbonyl (C=O) groups is 1. The van der Waals surface area contributed by atoms with Gasteiger partial charge in [-0.1, -0.05) is 12.5 Å². The predicted octanol–water partition coefficient (Wildman–Crippen LogP) is 2.32. The van der Waals surface area contributed by atoms with Gasteiger partial charge in [-0.05, 0) is 49.4 Å². The smallest absolute Gasteiger partial charge is 0.319 e. The minimum Gasteiger partial charge on any atom is -0.338 e. The molecule has 5 heteroatoms. The first kappa shape index (κ1) is 13.8. The zero-order valence-electron chi connectivity index (χ0n) is 10.9. The molecule has 2 amide bonds. The SMILES string of the molecule is NCC1CCCC1CNC(=O)Nc1cccc(F)c1. The molecule has 0 spiro atoms. The van der Waals surface area contributed by atoms with Gasteiger partial charge in [0.25, 0.3) is 0 Å². The molecule has 104 valence electrons. The lowest BCUT2D eigenvalue weighted by Crippen LogP contribution is -2.35. The maximum absolute atomic E-state index is 13.0. The van der Waals surface area contributed by atoms with Gasteiger partial charge in [0.05, 0.1) is 0 Å². The fourth-order valence-corrected chi connectivity index (χ4v) is 2.66. The number of rotatable bonds is 4. The third-order valence-corrected chi connectivity index (χ3v) is 3.73. The van der Waals surface area contributed by atoms with E-state index in [2.05, 4.69) is 10.6 Å². The van der Waals surface area contributed by atoms with Gasteiger partial charge in [-0.2, -0.15) is 0 Å². The van der Waals surface area contributed by atoms with Crippen molar-refractivity contribution >= 4 is 11.7 Å². The summed E-state index contributed by atoms with van der Waals surface area (Å²) in [5.41, 5.74) is 6.16. The van der Waals surface area contributed by atoms with Crippen LogP contribution < -0.4 is 16.4 Å². The fourth-order valence-electron chi connectivity index (χ4n) is 2.66. The molecule has 4 nitrogen and oxygen atoms in total. The van der Waals surface area contributed by atoms with Crippen LogP contribution >= 0.6 is 0 Å². The van der Waals surface area contributed by atoms with Crippen molar-refractivity contribution in [2.75, 3.05) is 18.4 Å². The molecule has 2 rings (SSSR count). The van der Waals surface area contributed by atoms with Crippen LogP contribution in [0, 0.1) is 17.7 Å². The van der Waals surface area contributed by atoms with E-state index in [1.807, 2.05) is 0 Å². The lowest BCUT2D eigenvalue weighted by Gasteiger charge is -2.18. The molecule has 19 heavy (non-hydrogen) atoms. The van der Waals surface area contributed by atoms with Crippen LogP contribution in [0.1, 0.15) is 19.3 Å². The molecule has 1 saturated carbocycles. The van der Waals surface area contributed by atoms with E-state index >= 15 is 0 Å². The summed E-state index contributed by atoms with van der Waals surface area (Å²) >= 11 is 0. The molecular formula is C14H20FN3O. The van der Waals surface area contributed by atoms with E-state index in [9.17, 15) is 9.18 Å². The largest absolute Gasteiger partial charge is 0.338 e. The number of benzene rings is 1. The Labute approximate surface area is 112 Å². The highest BCUT2D eigenvalue weighted by Gasteiger charge is 2.26. The number of carbonyl (C=O) groups excluding carboxylic acids is 1. The van der Waals surface area contributed by atoms with E-state index < -0.39 is 0 Å². The Kier molecular flexibility index (Phi) is 4.74. The molecule has 0 radical (unpaired) electrons. The number of anilines is 1. The minimum atomic E-state index is -0.364. The maximum Gasteiger partial charge on any atom is 0.319 e. The van der Waals surface area contributed by atoms with Gasteiger partial charge in [0.2, 0.25) is 0 Å². The Balaban J connectivity index is 1.78. The summed E-state index contributed by atoms with van der Waals surface area (Å²) < 4.78 is 13.0. The molecule has 2 unspecified atom stereocenters. The van der Waals surface area contributed by atoms with Crippen LogP contribution in [0.3, 0.4) is 0 Å². The second kappa shape index (κ2) is 6.52. The second-order valence-electron chi connectivity index (χ2n) is 5.03. The highest BCUT2D eigenvalue weighted by molar-refractivity contribution is 5.89. The topological polar surface area (TPSA) is 67.1 Å². The summed E-state index contributed by atoms with van der Waals surface area (Å²) in [6, 6.07) is 5.55. The number of hydrogen-bond acceptors (Lipinski definition) is 2. The van der Waals surface area contributed by atoms with E-state index in [4.69, 9.17) is 5.73 Å². The van der Waals surface area contributed by atoms with Crippen LogP contribution in [-0.4, -0.2) is 19.1 Å². The Morgan fingerprint density at radius 2 is 2.16 bits per heavy atom. The molecule has 4 N–H and O–H groups in total. The molecular weight excluding hydrogens is 245 g/mol. The quantitative estimate of drug-likeness (QED) is 0.782. The third kappa shape index (κ3) is 3.92. The van der Waals surface area contributed by atoms with Crippen LogP contribution in [0.25, 0.3) is 0 Å². The van der Waals surface area contributed by atoms with Crippen molar-refractivity contribution in [3.8, 4) is 0 Å². The Morgan fingerprint density at radius 1 is 1.37 bits per heavy atom. The van der Waals surface area contributed by atoms with E-state index in [0.29, 0.717) is 30.6 Å². The molecule has 1 aliphatic carbocycles. The molecule has 2 atom stereocenters. The van der Waals surface area contributed by atoms with Gasteiger partial charge in [0, 0.05) is 12.2 Å². The number of halogens is 1. The molecule has 0 saturated heterocycles. The van der Waals surface area contributed by atoms with E-state index in [1.54, 1.807) is 12.1 Å². The first-order chi connectivity index (χ1) is 9.19. The Morgan fingerprint density at radius 3 is 2.89 bits per heavy atom. The standard InChI is InChI=1S/C14H20FN3O/c15-12-5-2-6-13(7-12)18-14(19)17-9-11-4-1-3-10(11)8-16/h2,5-7,10-11H,1,3-4,8-9,16H2,(H2,17,18,19). The number of hydrogen-bond donors (Lipinski definition) is 3. The summed E-state index contributed by atoms with van der Waals surface area (Å²) in [7, 11) is 0. The summed E-state index contributed by atoms with van der Waals surface area (Å²) in [5, 5.41) is 5.45. The highest BCUT2D eigenvalue weighted by atomic mass is 19.1. The zero-order valence-corrected chi connectivity index (χ0v) is 10.9. The average Bonchev–Trinajstić information content (AvgIpc) is 2.83. The van der Waals surface area contributed by atoms with Crippen molar-refractivity contribution < 1.29 is 9.18 Å². The number of urea groups is 1. The minimum absolute atomic E-state index is 0.298. The van der Waals surface area contributed by atoms with Gasteiger partial charge in [-0.15, -0.1) is 0 Å². The van der Waals surface area contributed by atoms with E-state index in [1.165, 1.54) is 18.6 Å². The highest BCUT2D eigenvalue weighted by Crippen LogP contribution is 2.30. The molecule has 0 bridgehead atoms. The molecule has 1 aliphatic rings. The van der Waals surface area contributed by atoms with Gasteiger partial charge >= 0.3 is 6.03 Å². The first-order valence-corrected chi connectivity index (χ1v) is 6.69. The first-order valence-electron chi connectivity index (χ1n) is 6.69. The Bertz CT molecular complexity index is 438. The van der Waals surface area contributed by atoms with Crippen molar-refractivity contribution in [2.45, 2.75) is 19.3 Å². The number of nitrogens with two attached hydrogens (primary N) is 1. The molecule has 0 heterocycles. The van der Waals surface area contributed by atoms with Crippen LogP contribution in [0.4, 0.5) is 14.9 Å². The maximum atomic E-state index is 13.0. The van der Waals surface area contributed by atoms with Gasteiger partial charge < -0.3 is 16.4 Å². The summed E-state index contributed by atoms with van der Waals surface area (Å²) in [6.07, 6.45) is 3.44. The van der Waals surface area contributed by atoms with Crippen LogP contribution in [0.5, 0.6) is 0 Å². The van der Waals surface area contributed by atoms with Crippen LogP contribution in [0.2, 0.25) is 0 Å². The van der Waals surface area contributed by atoms with Gasteiger partial charge in [-0.25, -0.2) is 9.18 Å². The van der Waals surface area contributed by atoms with Crippen molar-refractivity contribution in [1.82, 2.24) is 5.32 Å².